The number of benzene rings is 1. The van der Waals surface area contributed by atoms with Gasteiger partial charge in [-0.05, 0) is 43.7 Å². The lowest BCUT2D eigenvalue weighted by atomic mass is 10.2. The molecule has 0 saturated carbocycles. The molecule has 7 heteroatoms. The number of guanidine groups is 1. The fourth-order valence-electron chi connectivity index (χ4n) is 2.76. The number of aliphatic imine (C=N–C) groups is 1. The highest BCUT2D eigenvalue weighted by molar-refractivity contribution is 14.0. The largest absolute Gasteiger partial charge is 0.357 e. The van der Waals surface area contributed by atoms with Crippen molar-refractivity contribution in [3.8, 4) is 0 Å². The summed E-state index contributed by atoms with van der Waals surface area (Å²) >= 11 is 1.74. The van der Waals surface area contributed by atoms with E-state index in [0.717, 1.165) is 45.0 Å². The van der Waals surface area contributed by atoms with E-state index in [2.05, 4.69) is 45.7 Å². The zero-order valence-electron chi connectivity index (χ0n) is 15.3. The van der Waals surface area contributed by atoms with E-state index in [1.807, 2.05) is 18.9 Å². The molecule has 1 heterocycles. The third-order valence-electron chi connectivity index (χ3n) is 4.10. The van der Waals surface area contributed by atoms with Gasteiger partial charge in [0.2, 0.25) is 5.91 Å². The van der Waals surface area contributed by atoms with E-state index in [0.29, 0.717) is 0 Å². The zero-order chi connectivity index (χ0) is 17.4. The molecule has 0 radical (unpaired) electrons. The van der Waals surface area contributed by atoms with E-state index in [1.165, 1.54) is 10.5 Å². The third kappa shape index (κ3) is 7.05. The molecule has 0 bridgehead atoms. The number of carbonyl (C=O) groups is 1. The molecule has 1 aliphatic heterocycles. The number of thioether (sulfide) groups is 1. The minimum absolute atomic E-state index is 0. The van der Waals surface area contributed by atoms with Crippen LogP contribution in [0.2, 0.25) is 0 Å². The lowest BCUT2D eigenvalue weighted by Crippen LogP contribution is -2.39. The Morgan fingerprint density at radius 2 is 1.92 bits per heavy atom. The number of amides is 1. The average Bonchev–Trinajstić information content (AvgIpc) is 3.13. The highest BCUT2D eigenvalue weighted by Gasteiger charge is 2.17. The van der Waals surface area contributed by atoms with Gasteiger partial charge in [-0.1, -0.05) is 12.1 Å². The Morgan fingerprint density at radius 1 is 1.28 bits per heavy atom. The molecule has 1 aliphatic rings. The Morgan fingerprint density at radius 3 is 2.48 bits per heavy atom. The van der Waals surface area contributed by atoms with Gasteiger partial charge in [0.05, 0.1) is 0 Å². The molecule has 2 rings (SSSR count). The highest BCUT2D eigenvalue weighted by atomic mass is 127. The normalized spacial score (nSPS) is 14.2. The molecular formula is C18H29IN4OS. The van der Waals surface area contributed by atoms with Crippen molar-refractivity contribution >= 4 is 47.6 Å². The van der Waals surface area contributed by atoms with Crippen LogP contribution >= 0.6 is 35.7 Å². The summed E-state index contributed by atoms with van der Waals surface area (Å²) in [4.78, 5) is 21.9. The van der Waals surface area contributed by atoms with Crippen LogP contribution in [0, 0.1) is 0 Å². The number of hydrogen-bond acceptors (Lipinski definition) is 3. The molecule has 140 valence electrons. The van der Waals surface area contributed by atoms with E-state index in [9.17, 15) is 4.79 Å². The van der Waals surface area contributed by atoms with Crippen molar-refractivity contribution in [1.29, 1.82) is 0 Å². The number of nitrogens with zero attached hydrogens (tertiary/aromatic N) is 3. The predicted molar refractivity (Wildman–Crippen MR) is 117 cm³/mol. The second-order valence-corrected chi connectivity index (χ2v) is 6.84. The summed E-state index contributed by atoms with van der Waals surface area (Å²) in [5, 5.41) is 3.27. The number of rotatable bonds is 6. The van der Waals surface area contributed by atoms with Crippen LogP contribution in [0.4, 0.5) is 0 Å². The fraction of sp³-hybridized carbons (Fsp3) is 0.556. The van der Waals surface area contributed by atoms with Crippen molar-refractivity contribution in [2.24, 2.45) is 4.99 Å². The summed E-state index contributed by atoms with van der Waals surface area (Å²) in [7, 11) is 2.00. The Bertz CT molecular complexity index is 559. The summed E-state index contributed by atoms with van der Waals surface area (Å²) < 4.78 is 0. The van der Waals surface area contributed by atoms with Gasteiger partial charge in [0, 0.05) is 38.1 Å². The first-order valence-electron chi connectivity index (χ1n) is 8.54. The van der Waals surface area contributed by atoms with Crippen molar-refractivity contribution in [3.63, 3.8) is 0 Å². The molecule has 1 amide bonds. The summed E-state index contributed by atoms with van der Waals surface area (Å²) in [6.45, 7) is 5.56. The van der Waals surface area contributed by atoms with Crippen molar-refractivity contribution in [2.45, 2.75) is 31.2 Å². The average molecular weight is 476 g/mol. The number of halogens is 1. The quantitative estimate of drug-likeness (QED) is 0.297. The van der Waals surface area contributed by atoms with Crippen LogP contribution in [0.15, 0.2) is 34.2 Å². The molecule has 0 atom stereocenters. The van der Waals surface area contributed by atoms with Crippen LogP contribution in [-0.4, -0.2) is 61.1 Å². The summed E-state index contributed by atoms with van der Waals surface area (Å²) in [5.74, 6) is 0.902. The van der Waals surface area contributed by atoms with Gasteiger partial charge in [0.1, 0.15) is 6.54 Å². The molecule has 25 heavy (non-hydrogen) atoms. The first-order chi connectivity index (χ1) is 11.6. The summed E-state index contributed by atoms with van der Waals surface area (Å²) in [6, 6.07) is 8.55. The second kappa shape index (κ2) is 11.6. The first kappa shape index (κ1) is 22.1. The van der Waals surface area contributed by atoms with Crippen LogP contribution in [-0.2, 0) is 11.3 Å². The third-order valence-corrected chi connectivity index (χ3v) is 4.84. The fourth-order valence-corrected chi connectivity index (χ4v) is 3.17. The van der Waals surface area contributed by atoms with Gasteiger partial charge >= 0.3 is 0 Å². The van der Waals surface area contributed by atoms with Crippen molar-refractivity contribution < 1.29 is 4.79 Å². The predicted octanol–water partition coefficient (Wildman–Crippen LogP) is 3.05. The minimum Gasteiger partial charge on any atom is -0.357 e. The number of nitrogens with one attached hydrogen (secondary N) is 1. The highest BCUT2D eigenvalue weighted by Crippen LogP contribution is 2.15. The van der Waals surface area contributed by atoms with Crippen LogP contribution in [0.25, 0.3) is 0 Å². The monoisotopic (exact) mass is 476 g/mol. The lowest BCUT2D eigenvalue weighted by molar-refractivity contribution is -0.128. The smallest absolute Gasteiger partial charge is 0.244 e. The first-order valence-corrected chi connectivity index (χ1v) is 9.76. The standard InChI is InChI=1S/C18H28N4OS.HI/c1-4-19-18(20-13-17(23)22-11-5-6-12-22)21(2)14-15-7-9-16(24-3)10-8-15;/h7-10H,4-6,11-14H2,1-3H3,(H,19,20);1H. The number of carbonyl (C=O) groups excluding carboxylic acids is 1. The van der Waals surface area contributed by atoms with Gasteiger partial charge in [-0.15, -0.1) is 35.7 Å². The number of likely N-dealkylation sites (tertiary alicyclic amines) is 1. The molecule has 1 N–H and O–H groups in total. The van der Waals surface area contributed by atoms with Crippen LogP contribution < -0.4 is 5.32 Å². The van der Waals surface area contributed by atoms with Crippen molar-refractivity contribution in [1.82, 2.24) is 15.1 Å². The lowest BCUT2D eigenvalue weighted by Gasteiger charge is -2.22. The molecule has 0 spiro atoms. The minimum atomic E-state index is 0. The maximum absolute atomic E-state index is 12.2. The van der Waals surface area contributed by atoms with Crippen LogP contribution in [0.1, 0.15) is 25.3 Å². The van der Waals surface area contributed by atoms with Gasteiger partial charge in [-0.25, -0.2) is 4.99 Å². The molecule has 1 fully saturated rings. The molecule has 0 aromatic heterocycles. The van der Waals surface area contributed by atoms with Gasteiger partial charge in [-0.3, -0.25) is 4.79 Å². The molecule has 1 aromatic carbocycles. The van der Waals surface area contributed by atoms with E-state index in [-0.39, 0.29) is 36.4 Å². The van der Waals surface area contributed by atoms with Gasteiger partial charge in [0.15, 0.2) is 5.96 Å². The molecule has 0 unspecified atom stereocenters. The Labute approximate surface area is 172 Å². The van der Waals surface area contributed by atoms with E-state index in [4.69, 9.17) is 0 Å². The van der Waals surface area contributed by atoms with Crippen molar-refractivity contribution in [3.05, 3.63) is 29.8 Å². The Hall–Kier alpha value is -0.960. The SMILES string of the molecule is CCNC(=NCC(=O)N1CCCC1)N(C)Cc1ccc(SC)cc1.I. The van der Waals surface area contributed by atoms with E-state index in [1.54, 1.807) is 11.8 Å². The van der Waals surface area contributed by atoms with Crippen LogP contribution in [0.5, 0.6) is 0 Å². The molecular weight excluding hydrogens is 447 g/mol. The van der Waals surface area contributed by atoms with Crippen molar-refractivity contribution in [2.75, 3.05) is 39.5 Å². The zero-order valence-corrected chi connectivity index (χ0v) is 18.5. The van der Waals surface area contributed by atoms with E-state index >= 15 is 0 Å². The molecule has 1 saturated heterocycles. The molecule has 5 nitrogen and oxygen atoms in total. The van der Waals surface area contributed by atoms with E-state index < -0.39 is 0 Å². The maximum Gasteiger partial charge on any atom is 0.244 e. The maximum atomic E-state index is 12.2. The summed E-state index contributed by atoms with van der Waals surface area (Å²) in [5.41, 5.74) is 1.23. The van der Waals surface area contributed by atoms with Gasteiger partial charge in [-0.2, -0.15) is 0 Å². The molecule has 0 aliphatic carbocycles. The van der Waals surface area contributed by atoms with Gasteiger partial charge < -0.3 is 15.1 Å². The van der Waals surface area contributed by atoms with Gasteiger partial charge in [0.25, 0.3) is 0 Å². The summed E-state index contributed by atoms with van der Waals surface area (Å²) in [6.07, 6.45) is 4.30. The number of hydrogen-bond donors (Lipinski definition) is 1. The Kier molecular flexibility index (Phi) is 10.3. The second-order valence-electron chi connectivity index (χ2n) is 5.96. The molecule has 1 aromatic rings. The Balaban J connectivity index is 0.00000312. The topological polar surface area (TPSA) is 47.9 Å². The van der Waals surface area contributed by atoms with Crippen LogP contribution in [0.3, 0.4) is 0 Å².